The van der Waals surface area contributed by atoms with Crippen molar-refractivity contribution in [2.45, 2.75) is 24.6 Å². The lowest BCUT2D eigenvalue weighted by molar-refractivity contribution is -0.0492. The third-order valence-electron chi connectivity index (χ3n) is 3.28. The van der Waals surface area contributed by atoms with Crippen LogP contribution in [-0.2, 0) is 4.74 Å². The summed E-state index contributed by atoms with van der Waals surface area (Å²) in [6.45, 7) is -0.495. The van der Waals surface area contributed by atoms with Gasteiger partial charge in [0, 0.05) is 6.20 Å². The molecule has 1 saturated heterocycles. The highest BCUT2D eigenvalue weighted by molar-refractivity contribution is 5.86. The van der Waals surface area contributed by atoms with E-state index in [1.54, 1.807) is 12.3 Å². The molecule has 2 aromatic rings. The van der Waals surface area contributed by atoms with Gasteiger partial charge in [-0.25, -0.2) is 14.4 Å². The Balaban J connectivity index is 2.04. The first kappa shape index (κ1) is 12.3. The molecule has 102 valence electrons. The van der Waals surface area contributed by atoms with E-state index < -0.39 is 31.2 Å². The Morgan fingerprint density at radius 3 is 2.95 bits per heavy atom. The van der Waals surface area contributed by atoms with Crippen LogP contribution in [0.25, 0.3) is 11.0 Å². The first-order valence-corrected chi connectivity index (χ1v) is 5.79. The number of hydrogen-bond acceptors (Lipinski definition) is 6. The van der Waals surface area contributed by atoms with Gasteiger partial charge in [0.2, 0.25) is 0 Å². The van der Waals surface area contributed by atoms with Gasteiger partial charge in [0.05, 0.1) is 12.0 Å². The van der Waals surface area contributed by atoms with Crippen molar-refractivity contribution in [1.82, 2.24) is 14.5 Å². The molecule has 2 aromatic heterocycles. The summed E-state index contributed by atoms with van der Waals surface area (Å²) in [5.74, 6) is 0.298. The second-order valence-corrected chi connectivity index (χ2v) is 4.40. The van der Waals surface area contributed by atoms with E-state index in [4.69, 9.17) is 15.6 Å². The summed E-state index contributed by atoms with van der Waals surface area (Å²) in [7, 11) is 0. The van der Waals surface area contributed by atoms with Gasteiger partial charge in [-0.2, -0.15) is 0 Å². The number of hydrogen-bond donors (Lipinski definition) is 3. The zero-order valence-corrected chi connectivity index (χ0v) is 9.85. The van der Waals surface area contributed by atoms with Crippen molar-refractivity contribution in [3.05, 3.63) is 18.6 Å². The number of alkyl halides is 1. The van der Waals surface area contributed by atoms with Crippen LogP contribution in [0.3, 0.4) is 0 Å². The molecule has 1 aliphatic rings. The van der Waals surface area contributed by atoms with Gasteiger partial charge in [0.25, 0.3) is 0 Å². The van der Waals surface area contributed by atoms with E-state index in [2.05, 4.69) is 9.97 Å². The Hall–Kier alpha value is -1.77. The third-order valence-corrected chi connectivity index (χ3v) is 3.28. The maximum atomic E-state index is 13.7. The molecule has 3 rings (SSSR count). The van der Waals surface area contributed by atoms with Crippen molar-refractivity contribution in [3.8, 4) is 0 Å². The van der Waals surface area contributed by atoms with Crippen LogP contribution >= 0.6 is 0 Å². The molecule has 0 radical (unpaired) electrons. The average Bonchev–Trinajstić information content (AvgIpc) is 2.94. The average molecular weight is 268 g/mol. The minimum Gasteiger partial charge on any atom is -0.394 e. The molecule has 0 aliphatic carbocycles. The summed E-state index contributed by atoms with van der Waals surface area (Å²) < 4.78 is 20.5. The van der Waals surface area contributed by atoms with E-state index in [-0.39, 0.29) is 0 Å². The summed E-state index contributed by atoms with van der Waals surface area (Å²) >= 11 is 0. The summed E-state index contributed by atoms with van der Waals surface area (Å²) in [4.78, 5) is 7.90. The number of nitrogen functional groups attached to an aromatic ring is 1. The number of rotatable bonds is 2. The number of aromatic nitrogens is 3. The number of aliphatic hydroxyl groups is 2. The van der Waals surface area contributed by atoms with E-state index in [9.17, 15) is 9.50 Å². The molecule has 7 nitrogen and oxygen atoms in total. The van der Waals surface area contributed by atoms with Crippen LogP contribution in [0.5, 0.6) is 0 Å². The monoisotopic (exact) mass is 268 g/mol. The van der Waals surface area contributed by atoms with Gasteiger partial charge in [-0.05, 0) is 6.07 Å². The van der Waals surface area contributed by atoms with Crippen LogP contribution < -0.4 is 5.73 Å². The molecular formula is C11H13FN4O3. The van der Waals surface area contributed by atoms with E-state index in [1.807, 2.05) is 0 Å². The van der Waals surface area contributed by atoms with Gasteiger partial charge in [0.15, 0.2) is 12.4 Å². The molecule has 1 fully saturated rings. The first-order chi connectivity index (χ1) is 9.13. The van der Waals surface area contributed by atoms with Crippen molar-refractivity contribution in [1.29, 1.82) is 0 Å². The molecule has 0 amide bonds. The molecule has 4 atom stereocenters. The minimum absolute atomic E-state index is 0.298. The summed E-state index contributed by atoms with van der Waals surface area (Å²) in [5, 5.41) is 19.4. The zero-order chi connectivity index (χ0) is 13.6. The van der Waals surface area contributed by atoms with Gasteiger partial charge in [0.1, 0.15) is 30.0 Å². The molecule has 19 heavy (non-hydrogen) atoms. The highest BCUT2D eigenvalue weighted by Gasteiger charge is 2.45. The Morgan fingerprint density at radius 1 is 1.47 bits per heavy atom. The standard InChI is InChI=1S/C11H13FN4O3/c12-7-6(3-17)19-11(8(7)18)16-2-1-5-9(13)14-4-15-10(5)16/h1-2,4,6-8,11,17-18H,3H2,(H2,13,14,15)/t6-,7-,8-,11?/m1/s1. The largest absolute Gasteiger partial charge is 0.394 e. The topological polar surface area (TPSA) is 106 Å². The number of halogens is 1. The number of aliphatic hydroxyl groups excluding tert-OH is 2. The molecule has 0 aromatic carbocycles. The first-order valence-electron chi connectivity index (χ1n) is 5.79. The lowest BCUT2D eigenvalue weighted by Gasteiger charge is -2.16. The lowest BCUT2D eigenvalue weighted by Crippen LogP contribution is -2.29. The minimum atomic E-state index is -1.65. The van der Waals surface area contributed by atoms with Gasteiger partial charge in [-0.3, -0.25) is 0 Å². The number of anilines is 1. The molecule has 1 aliphatic heterocycles. The summed E-state index contributed by atoms with van der Waals surface area (Å²) in [6, 6.07) is 1.67. The van der Waals surface area contributed by atoms with Crippen molar-refractivity contribution in [3.63, 3.8) is 0 Å². The number of ether oxygens (including phenoxy) is 1. The number of fused-ring (bicyclic) bond motifs is 1. The Labute approximate surface area is 107 Å². The maximum Gasteiger partial charge on any atom is 0.164 e. The second-order valence-electron chi connectivity index (χ2n) is 4.40. The van der Waals surface area contributed by atoms with Crippen LogP contribution in [0.1, 0.15) is 6.23 Å². The highest BCUT2D eigenvalue weighted by atomic mass is 19.1. The van der Waals surface area contributed by atoms with Crippen LogP contribution in [0.2, 0.25) is 0 Å². The SMILES string of the molecule is Nc1ncnc2c1ccn2C1O[C@H](CO)[C@@H](F)[C@H]1O. The summed E-state index contributed by atoms with van der Waals surface area (Å²) in [5.41, 5.74) is 6.15. The summed E-state index contributed by atoms with van der Waals surface area (Å²) in [6.07, 6.45) is -2.13. The van der Waals surface area contributed by atoms with E-state index in [0.29, 0.717) is 16.9 Å². The van der Waals surface area contributed by atoms with Gasteiger partial charge in [-0.1, -0.05) is 0 Å². The molecule has 8 heteroatoms. The quantitative estimate of drug-likeness (QED) is 0.684. The fourth-order valence-corrected chi connectivity index (χ4v) is 2.28. The van der Waals surface area contributed by atoms with Crippen molar-refractivity contribution in [2.75, 3.05) is 12.3 Å². The smallest absolute Gasteiger partial charge is 0.164 e. The molecule has 4 N–H and O–H groups in total. The molecule has 1 unspecified atom stereocenters. The van der Waals surface area contributed by atoms with Gasteiger partial charge < -0.3 is 25.3 Å². The molecule has 0 saturated carbocycles. The van der Waals surface area contributed by atoms with Gasteiger partial charge in [-0.15, -0.1) is 0 Å². The fraction of sp³-hybridized carbons (Fsp3) is 0.455. The normalized spacial score (nSPS) is 31.1. The maximum absolute atomic E-state index is 13.7. The highest BCUT2D eigenvalue weighted by Crippen LogP contribution is 2.33. The zero-order valence-electron chi connectivity index (χ0n) is 9.85. The second kappa shape index (κ2) is 4.41. The lowest BCUT2D eigenvalue weighted by atomic mass is 10.1. The number of nitrogens with zero attached hydrogens (tertiary/aromatic N) is 3. The molecular weight excluding hydrogens is 255 g/mol. The van der Waals surface area contributed by atoms with Crippen molar-refractivity contribution in [2.24, 2.45) is 0 Å². The van der Waals surface area contributed by atoms with E-state index >= 15 is 0 Å². The predicted octanol–water partition coefficient (Wildman–Crippen LogP) is -0.398. The number of nitrogens with two attached hydrogens (primary N) is 1. The van der Waals surface area contributed by atoms with Crippen molar-refractivity contribution < 1.29 is 19.3 Å². The van der Waals surface area contributed by atoms with E-state index in [0.717, 1.165) is 0 Å². The van der Waals surface area contributed by atoms with Crippen LogP contribution in [0.4, 0.5) is 10.2 Å². The van der Waals surface area contributed by atoms with Crippen LogP contribution in [0.15, 0.2) is 18.6 Å². The molecule has 0 bridgehead atoms. The van der Waals surface area contributed by atoms with Crippen molar-refractivity contribution >= 4 is 16.9 Å². The third kappa shape index (κ3) is 1.76. The Morgan fingerprint density at radius 2 is 2.26 bits per heavy atom. The molecule has 3 heterocycles. The van der Waals surface area contributed by atoms with Gasteiger partial charge >= 0.3 is 0 Å². The van der Waals surface area contributed by atoms with Crippen LogP contribution in [0, 0.1) is 0 Å². The Bertz CT molecular complexity index is 605. The van der Waals surface area contributed by atoms with E-state index in [1.165, 1.54) is 10.9 Å². The Kier molecular flexibility index (Phi) is 2.85. The predicted molar refractivity (Wildman–Crippen MR) is 63.8 cm³/mol. The fourth-order valence-electron chi connectivity index (χ4n) is 2.28. The van der Waals surface area contributed by atoms with Crippen LogP contribution in [-0.4, -0.2) is 49.7 Å². The molecule has 0 spiro atoms.